The first-order valence-corrected chi connectivity index (χ1v) is 7.51. The average molecular weight is 321 g/mol. The molecule has 5 heteroatoms. The van der Waals surface area contributed by atoms with Crippen LogP contribution in [0.1, 0.15) is 67.6 Å². The summed E-state index contributed by atoms with van der Waals surface area (Å²) >= 11 is 6.12. The molecule has 0 amide bonds. The quantitative estimate of drug-likeness (QED) is 0.326. The monoisotopic (exact) mass is 320 g/mol. The Hall–Kier alpha value is -0.350. The number of hydrogen-bond acceptors (Lipinski definition) is 2. The molecular weight excluding hydrogens is 299 g/mol. The van der Waals surface area contributed by atoms with Crippen molar-refractivity contribution in [3.63, 3.8) is 0 Å². The second-order valence-electron chi connectivity index (χ2n) is 4.92. The van der Waals surface area contributed by atoms with Crippen molar-refractivity contribution < 1.29 is 45.7 Å². The van der Waals surface area contributed by atoms with E-state index in [0.717, 1.165) is 12.8 Å². The van der Waals surface area contributed by atoms with Crippen molar-refractivity contribution in [1.82, 2.24) is 0 Å². The molecule has 1 unspecified atom stereocenters. The van der Waals surface area contributed by atoms with Gasteiger partial charge in [-0.3, -0.25) is 4.79 Å². The summed E-state index contributed by atoms with van der Waals surface area (Å²) in [6.07, 6.45) is 6.32. The van der Waals surface area contributed by atoms with E-state index in [9.17, 15) is 9.59 Å². The van der Waals surface area contributed by atoms with Crippen LogP contribution in [0.5, 0.6) is 0 Å². The predicted molar refractivity (Wildman–Crippen MR) is 81.9 cm³/mol. The topological polar surface area (TPSA) is 54.4 Å². The molecule has 0 fully saturated rings. The van der Waals surface area contributed by atoms with Crippen molar-refractivity contribution >= 4 is 23.4 Å². The fourth-order valence-corrected chi connectivity index (χ4v) is 2.30. The van der Waals surface area contributed by atoms with Gasteiger partial charge in [0.25, 0.3) is 0 Å². The van der Waals surface area contributed by atoms with E-state index in [-0.39, 0.29) is 42.3 Å². The normalized spacial score (nSPS) is 11.5. The van der Waals surface area contributed by atoms with Crippen LogP contribution < -0.4 is 29.6 Å². The third-order valence-corrected chi connectivity index (χ3v) is 3.68. The summed E-state index contributed by atoms with van der Waals surface area (Å²) in [5.41, 5.74) is 0.649. The molecule has 1 rings (SSSR count). The first-order chi connectivity index (χ1) is 9.56. The van der Waals surface area contributed by atoms with Gasteiger partial charge in [-0.1, -0.05) is 51.2 Å². The SMILES string of the molecule is CCCCCCCC(Cl)C(=O)c1ccc(C(=O)O)cc1.[H-].[Na+]. The molecule has 21 heavy (non-hydrogen) atoms. The second-order valence-corrected chi connectivity index (χ2v) is 5.44. The molecule has 1 aromatic rings. The fourth-order valence-electron chi connectivity index (χ4n) is 2.02. The van der Waals surface area contributed by atoms with Gasteiger partial charge in [-0.15, -0.1) is 11.6 Å². The van der Waals surface area contributed by atoms with E-state index in [4.69, 9.17) is 16.7 Å². The van der Waals surface area contributed by atoms with Gasteiger partial charge in [0.05, 0.1) is 10.9 Å². The van der Waals surface area contributed by atoms with Crippen LogP contribution in [-0.2, 0) is 0 Å². The number of ketones is 1. The smallest absolute Gasteiger partial charge is 1.00 e. The standard InChI is InChI=1S/C16H21ClO3.Na.H/c1-2-3-4-5-6-7-14(17)15(18)12-8-10-13(11-9-12)16(19)20;;/h8-11,14H,2-7H2,1H3,(H,19,20);;/q;+1;-1. The molecule has 0 aliphatic rings. The molecule has 0 aliphatic carbocycles. The van der Waals surface area contributed by atoms with Gasteiger partial charge in [0.2, 0.25) is 0 Å². The number of unbranched alkanes of at least 4 members (excludes halogenated alkanes) is 4. The van der Waals surface area contributed by atoms with E-state index in [0.29, 0.717) is 12.0 Å². The Morgan fingerprint density at radius 2 is 1.62 bits per heavy atom. The largest absolute Gasteiger partial charge is 1.00 e. The summed E-state index contributed by atoms with van der Waals surface area (Å²) in [5, 5.41) is 8.28. The maximum absolute atomic E-state index is 12.1. The van der Waals surface area contributed by atoms with Gasteiger partial charge in [-0.2, -0.15) is 0 Å². The van der Waals surface area contributed by atoms with Crippen LogP contribution in [0.4, 0.5) is 0 Å². The van der Waals surface area contributed by atoms with Crippen LogP contribution in [0, 0.1) is 0 Å². The van der Waals surface area contributed by atoms with Crippen molar-refractivity contribution in [3.8, 4) is 0 Å². The Morgan fingerprint density at radius 3 is 2.14 bits per heavy atom. The Balaban J connectivity index is 0. The minimum Gasteiger partial charge on any atom is -1.00 e. The van der Waals surface area contributed by atoms with Crippen LogP contribution in [0.3, 0.4) is 0 Å². The van der Waals surface area contributed by atoms with Crippen LogP contribution in [0.2, 0.25) is 0 Å². The van der Waals surface area contributed by atoms with Gasteiger partial charge >= 0.3 is 35.5 Å². The summed E-state index contributed by atoms with van der Waals surface area (Å²) in [4.78, 5) is 22.8. The first-order valence-electron chi connectivity index (χ1n) is 7.08. The minimum atomic E-state index is -0.998. The second kappa shape index (κ2) is 11.2. The van der Waals surface area contributed by atoms with Crippen LogP contribution >= 0.6 is 11.6 Å². The van der Waals surface area contributed by atoms with Crippen LogP contribution in [-0.4, -0.2) is 22.2 Å². The summed E-state index contributed by atoms with van der Waals surface area (Å²) < 4.78 is 0. The van der Waals surface area contributed by atoms with Crippen molar-refractivity contribution in [2.24, 2.45) is 0 Å². The Bertz CT molecular complexity index is 451. The Morgan fingerprint density at radius 1 is 1.10 bits per heavy atom. The molecule has 0 radical (unpaired) electrons. The molecule has 112 valence electrons. The third-order valence-electron chi connectivity index (χ3n) is 3.26. The molecule has 0 heterocycles. The third kappa shape index (κ3) is 7.46. The van der Waals surface area contributed by atoms with Gasteiger partial charge in [-0.05, 0) is 18.6 Å². The molecule has 0 saturated carbocycles. The zero-order valence-corrected chi connectivity index (χ0v) is 15.5. The Labute approximate surface area is 154 Å². The summed E-state index contributed by atoms with van der Waals surface area (Å²) in [6.45, 7) is 2.16. The number of carbonyl (C=O) groups is 2. The molecule has 1 atom stereocenters. The Kier molecular flexibility index (Phi) is 11.1. The fraction of sp³-hybridized carbons (Fsp3) is 0.500. The molecular formula is C16H22ClNaO3. The van der Waals surface area contributed by atoms with Gasteiger partial charge in [-0.25, -0.2) is 4.79 Å². The van der Waals surface area contributed by atoms with Gasteiger partial charge < -0.3 is 6.53 Å². The van der Waals surface area contributed by atoms with E-state index in [1.165, 1.54) is 43.5 Å². The molecule has 0 aromatic heterocycles. The van der Waals surface area contributed by atoms with Crippen molar-refractivity contribution in [2.75, 3.05) is 0 Å². The molecule has 1 aromatic carbocycles. The number of halogens is 1. The number of aromatic carboxylic acids is 1. The molecule has 0 bridgehead atoms. The number of hydrogen-bond donors (Lipinski definition) is 1. The van der Waals surface area contributed by atoms with Gasteiger partial charge in [0, 0.05) is 5.56 Å². The van der Waals surface area contributed by atoms with Gasteiger partial charge in [0.1, 0.15) is 0 Å². The van der Waals surface area contributed by atoms with Crippen LogP contribution in [0.25, 0.3) is 0 Å². The van der Waals surface area contributed by atoms with Crippen molar-refractivity contribution in [2.45, 2.75) is 50.8 Å². The van der Waals surface area contributed by atoms with E-state index in [1.807, 2.05) is 0 Å². The molecule has 0 spiro atoms. The zero-order valence-electron chi connectivity index (χ0n) is 13.8. The summed E-state index contributed by atoms with van der Waals surface area (Å²) in [7, 11) is 0. The zero-order chi connectivity index (χ0) is 15.0. The average Bonchev–Trinajstić information content (AvgIpc) is 2.46. The summed E-state index contributed by atoms with van der Waals surface area (Å²) in [5.74, 6) is -1.12. The van der Waals surface area contributed by atoms with Gasteiger partial charge in [0.15, 0.2) is 5.78 Å². The van der Waals surface area contributed by atoms with Crippen LogP contribution in [0.15, 0.2) is 24.3 Å². The summed E-state index contributed by atoms with van der Waals surface area (Å²) in [6, 6.07) is 5.91. The number of carbonyl (C=O) groups excluding carboxylic acids is 1. The predicted octanol–water partition coefficient (Wildman–Crippen LogP) is 1.65. The van der Waals surface area contributed by atoms with E-state index in [1.54, 1.807) is 0 Å². The van der Waals surface area contributed by atoms with E-state index >= 15 is 0 Å². The number of benzene rings is 1. The number of alkyl halides is 1. The van der Waals surface area contributed by atoms with Crippen molar-refractivity contribution in [1.29, 1.82) is 0 Å². The number of carboxylic acids is 1. The first kappa shape index (κ1) is 20.6. The number of carboxylic acid groups (broad SMARTS) is 1. The van der Waals surface area contributed by atoms with E-state index in [2.05, 4.69) is 6.92 Å². The maximum atomic E-state index is 12.1. The molecule has 3 nitrogen and oxygen atoms in total. The number of rotatable bonds is 9. The molecule has 0 saturated heterocycles. The number of Topliss-reactive ketones (excluding diaryl/α,β-unsaturated/α-hetero) is 1. The van der Waals surface area contributed by atoms with E-state index < -0.39 is 11.3 Å². The molecule has 0 aliphatic heterocycles. The maximum Gasteiger partial charge on any atom is 1.00 e. The van der Waals surface area contributed by atoms with Crippen molar-refractivity contribution in [3.05, 3.63) is 35.4 Å². The minimum absolute atomic E-state index is 0. The molecule has 1 N–H and O–H groups in total.